The van der Waals surface area contributed by atoms with Crippen molar-refractivity contribution in [2.75, 3.05) is 0 Å². The van der Waals surface area contributed by atoms with Gasteiger partial charge in [-0.3, -0.25) is 0 Å². The van der Waals surface area contributed by atoms with E-state index in [1.807, 2.05) is 0 Å². The SMILES string of the molecule is C=C(C)c1cc(B2OC(C)(C)C(C)(C)O2)c2c(c1)c1cc(C(=C)C)c(B3OC(C)(C)C(C)(C)O3)cc1n2C(CCCCCCCC)CCCCCCCC. The molecule has 7 heteroatoms. The Labute approximate surface area is 330 Å². The van der Waals surface area contributed by atoms with Gasteiger partial charge in [0.1, 0.15) is 0 Å². The van der Waals surface area contributed by atoms with E-state index in [0.29, 0.717) is 6.04 Å². The third kappa shape index (κ3) is 8.80. The van der Waals surface area contributed by atoms with Crippen LogP contribution in [0, 0.1) is 0 Å². The van der Waals surface area contributed by atoms with Gasteiger partial charge in [-0.1, -0.05) is 121 Å². The monoisotopic (exact) mass is 738 g/mol. The van der Waals surface area contributed by atoms with Crippen molar-refractivity contribution in [1.29, 1.82) is 0 Å². The number of allylic oxidation sites excluding steroid dienone is 2. The van der Waals surface area contributed by atoms with Crippen LogP contribution in [-0.4, -0.2) is 41.2 Å². The van der Waals surface area contributed by atoms with Crippen molar-refractivity contribution in [2.24, 2.45) is 0 Å². The van der Waals surface area contributed by atoms with Crippen molar-refractivity contribution in [3.8, 4) is 0 Å². The molecule has 0 unspecified atom stereocenters. The summed E-state index contributed by atoms with van der Waals surface area (Å²) in [6.07, 6.45) is 17.7. The second kappa shape index (κ2) is 17.0. The van der Waals surface area contributed by atoms with Crippen molar-refractivity contribution in [3.05, 3.63) is 48.6 Å². The molecule has 54 heavy (non-hydrogen) atoms. The van der Waals surface area contributed by atoms with Crippen molar-refractivity contribution in [1.82, 2.24) is 4.57 Å². The highest BCUT2D eigenvalue weighted by Gasteiger charge is 2.54. The van der Waals surface area contributed by atoms with Crippen molar-refractivity contribution in [2.45, 2.75) is 201 Å². The average Bonchev–Trinajstić information content (AvgIpc) is 3.61. The Balaban J connectivity index is 1.78. The van der Waals surface area contributed by atoms with Crippen LogP contribution in [0.4, 0.5) is 0 Å². The van der Waals surface area contributed by atoms with E-state index in [2.05, 4.69) is 125 Å². The first kappa shape index (κ1) is 42.8. The average molecular weight is 738 g/mol. The predicted molar refractivity (Wildman–Crippen MR) is 235 cm³/mol. The number of aromatic nitrogens is 1. The van der Waals surface area contributed by atoms with Crippen LogP contribution in [-0.2, 0) is 18.6 Å². The fourth-order valence-corrected chi connectivity index (χ4v) is 8.30. The zero-order chi connectivity index (χ0) is 39.6. The van der Waals surface area contributed by atoms with Crippen LogP contribution >= 0.6 is 0 Å². The minimum absolute atomic E-state index is 0.320. The molecule has 2 saturated heterocycles. The molecular formula is C47H73B2NO4. The van der Waals surface area contributed by atoms with Gasteiger partial charge in [-0.2, -0.15) is 0 Å². The van der Waals surface area contributed by atoms with Crippen LogP contribution in [0.5, 0.6) is 0 Å². The summed E-state index contributed by atoms with van der Waals surface area (Å²) in [6, 6.07) is 9.71. The first-order valence-electron chi connectivity index (χ1n) is 21.5. The quantitative estimate of drug-likeness (QED) is 0.0907. The molecule has 2 fully saturated rings. The summed E-state index contributed by atoms with van der Waals surface area (Å²) in [4.78, 5) is 0. The Kier molecular flexibility index (Phi) is 13.5. The van der Waals surface area contributed by atoms with Crippen LogP contribution in [0.2, 0.25) is 0 Å². The zero-order valence-electron chi connectivity index (χ0n) is 36.4. The van der Waals surface area contributed by atoms with Gasteiger partial charge in [0.15, 0.2) is 0 Å². The van der Waals surface area contributed by atoms with Crippen LogP contribution in [0.3, 0.4) is 0 Å². The standard InChI is InChI=1S/C47H73B2NO4/c1-15-17-19-21-23-25-27-36(28-26-24-22-20-18-16-2)50-42-32-40(48-51-44(7,8)45(9,10)52-48)37(34(5)6)31-38(42)39-29-35(33(3)4)30-41(43(39)50)49-53-46(11,12)47(13,14)54-49/h29-32,36H,3,5,15-28H2,1-2,4,6-14H3. The molecule has 0 radical (unpaired) electrons. The Morgan fingerprint density at radius 3 is 1.46 bits per heavy atom. The summed E-state index contributed by atoms with van der Waals surface area (Å²) < 4.78 is 30.0. The lowest BCUT2D eigenvalue weighted by atomic mass is 9.74. The van der Waals surface area contributed by atoms with Crippen LogP contribution < -0.4 is 10.9 Å². The molecule has 296 valence electrons. The van der Waals surface area contributed by atoms with Gasteiger partial charge in [0.2, 0.25) is 0 Å². The first-order chi connectivity index (χ1) is 25.4. The molecule has 0 spiro atoms. The van der Waals surface area contributed by atoms with E-state index in [0.717, 1.165) is 46.0 Å². The van der Waals surface area contributed by atoms with E-state index in [-0.39, 0.29) is 0 Å². The Bertz CT molecular complexity index is 1750. The van der Waals surface area contributed by atoms with Gasteiger partial charge in [0.25, 0.3) is 0 Å². The van der Waals surface area contributed by atoms with E-state index in [1.54, 1.807) is 0 Å². The van der Waals surface area contributed by atoms with Gasteiger partial charge in [-0.25, -0.2) is 0 Å². The number of hydrogen-bond acceptors (Lipinski definition) is 4. The minimum atomic E-state index is -0.508. The van der Waals surface area contributed by atoms with Gasteiger partial charge in [-0.05, 0) is 117 Å². The molecule has 1 aromatic heterocycles. The van der Waals surface area contributed by atoms with E-state index >= 15 is 0 Å². The maximum Gasteiger partial charge on any atom is 0.497 e. The summed E-state index contributed by atoms with van der Waals surface area (Å²) >= 11 is 0. The van der Waals surface area contributed by atoms with Gasteiger partial charge in [-0.15, -0.1) is 0 Å². The van der Waals surface area contributed by atoms with Gasteiger partial charge >= 0.3 is 14.2 Å². The molecule has 0 aliphatic carbocycles. The zero-order valence-corrected chi connectivity index (χ0v) is 36.4. The summed E-state index contributed by atoms with van der Waals surface area (Å²) in [6.45, 7) is 34.9. The van der Waals surface area contributed by atoms with E-state index in [1.165, 1.54) is 98.9 Å². The highest BCUT2D eigenvalue weighted by Crippen LogP contribution is 2.42. The lowest BCUT2D eigenvalue weighted by molar-refractivity contribution is 0.00578. The molecule has 2 aromatic carbocycles. The molecule has 5 rings (SSSR count). The third-order valence-electron chi connectivity index (χ3n) is 13.2. The highest BCUT2D eigenvalue weighted by molar-refractivity contribution is 6.66. The second-order valence-electron chi connectivity index (χ2n) is 18.8. The molecule has 5 nitrogen and oxygen atoms in total. The molecule has 0 N–H and O–H groups in total. The maximum absolute atomic E-state index is 6.89. The van der Waals surface area contributed by atoms with Crippen molar-refractivity contribution >= 4 is 58.1 Å². The normalized spacial score (nSPS) is 18.8. The summed E-state index contributed by atoms with van der Waals surface area (Å²) in [5, 5.41) is 2.44. The predicted octanol–water partition coefficient (Wildman–Crippen LogP) is 12.5. The highest BCUT2D eigenvalue weighted by atomic mass is 16.7. The van der Waals surface area contributed by atoms with Crippen LogP contribution in [0.15, 0.2) is 37.4 Å². The molecule has 0 saturated carbocycles. The third-order valence-corrected chi connectivity index (χ3v) is 13.2. The van der Waals surface area contributed by atoms with Gasteiger partial charge in [0, 0.05) is 33.3 Å². The Morgan fingerprint density at radius 2 is 1.02 bits per heavy atom. The molecule has 3 heterocycles. The van der Waals surface area contributed by atoms with Gasteiger partial charge < -0.3 is 23.2 Å². The first-order valence-corrected chi connectivity index (χ1v) is 21.5. The summed E-state index contributed by atoms with van der Waals surface area (Å²) in [5.74, 6) is 0. The van der Waals surface area contributed by atoms with Crippen molar-refractivity contribution < 1.29 is 18.6 Å². The fourth-order valence-electron chi connectivity index (χ4n) is 8.30. The number of fused-ring (bicyclic) bond motifs is 3. The Hall–Kier alpha value is -2.31. The number of unbranched alkanes of at least 4 members (excludes halogenated alkanes) is 10. The molecule has 2 aliphatic rings. The van der Waals surface area contributed by atoms with E-state index in [9.17, 15) is 0 Å². The summed E-state index contributed by atoms with van der Waals surface area (Å²) in [5.41, 5.74) is 6.96. The smallest absolute Gasteiger partial charge is 0.399 e. The molecule has 0 atom stereocenters. The van der Waals surface area contributed by atoms with Crippen LogP contribution in [0.25, 0.3) is 33.0 Å². The second-order valence-corrected chi connectivity index (χ2v) is 18.8. The van der Waals surface area contributed by atoms with Crippen molar-refractivity contribution in [3.63, 3.8) is 0 Å². The summed E-state index contributed by atoms with van der Waals surface area (Å²) in [7, 11) is -1.01. The molecule has 3 aromatic rings. The van der Waals surface area contributed by atoms with E-state index < -0.39 is 36.6 Å². The number of rotatable bonds is 19. The molecular weight excluding hydrogens is 664 g/mol. The lowest BCUT2D eigenvalue weighted by Gasteiger charge is -2.32. The number of benzene rings is 2. The van der Waals surface area contributed by atoms with E-state index in [4.69, 9.17) is 18.6 Å². The Morgan fingerprint density at radius 1 is 0.574 bits per heavy atom. The molecule has 0 bridgehead atoms. The van der Waals surface area contributed by atoms with Gasteiger partial charge in [0.05, 0.1) is 22.4 Å². The van der Waals surface area contributed by atoms with Crippen LogP contribution in [0.1, 0.15) is 190 Å². The molecule has 0 amide bonds. The number of nitrogens with zero attached hydrogens (tertiary/aromatic N) is 1. The number of hydrogen-bond donors (Lipinski definition) is 0. The lowest BCUT2D eigenvalue weighted by Crippen LogP contribution is -2.41. The largest absolute Gasteiger partial charge is 0.497 e. The minimum Gasteiger partial charge on any atom is -0.399 e. The topological polar surface area (TPSA) is 41.9 Å². The maximum atomic E-state index is 6.89. The molecule has 2 aliphatic heterocycles. The fraction of sp³-hybridized carbons (Fsp3) is 0.660.